The van der Waals surface area contributed by atoms with Crippen molar-refractivity contribution in [3.63, 3.8) is 0 Å². The molecular weight excluding hydrogens is 275 g/mol. The normalized spacial score (nSPS) is 21.3. The summed E-state index contributed by atoms with van der Waals surface area (Å²) in [6.07, 6.45) is 3.57. The molecule has 2 aromatic rings. The van der Waals surface area contributed by atoms with E-state index in [0.717, 1.165) is 30.0 Å². The molecule has 0 radical (unpaired) electrons. The summed E-state index contributed by atoms with van der Waals surface area (Å²) in [6, 6.07) is 4.96. The van der Waals surface area contributed by atoms with Crippen LogP contribution in [0.4, 0.5) is 4.39 Å². The maximum atomic E-state index is 13.4. The maximum absolute atomic E-state index is 13.4. The number of aromatic nitrogens is 1. The van der Waals surface area contributed by atoms with Gasteiger partial charge in [0.2, 0.25) is 0 Å². The molecule has 0 bridgehead atoms. The topological polar surface area (TPSA) is 34.2 Å². The van der Waals surface area contributed by atoms with Gasteiger partial charge in [0.05, 0.1) is 0 Å². The average molecular weight is 292 g/mol. The summed E-state index contributed by atoms with van der Waals surface area (Å²) in [6.45, 7) is 3.07. The molecule has 5 heteroatoms. The zero-order chi connectivity index (χ0) is 13.9. The second-order valence-electron chi connectivity index (χ2n) is 4.90. The Morgan fingerprint density at radius 3 is 3.15 bits per heavy atom. The number of hydrogen-bond acceptors (Lipinski definition) is 4. The quantitative estimate of drug-likeness (QED) is 0.929. The summed E-state index contributed by atoms with van der Waals surface area (Å²) >= 11 is 1.58. The Kier molecular flexibility index (Phi) is 3.98. The summed E-state index contributed by atoms with van der Waals surface area (Å²) in [4.78, 5) is 4.32. The lowest BCUT2D eigenvalue weighted by atomic mass is 9.96. The molecule has 2 atom stereocenters. The predicted molar refractivity (Wildman–Crippen MR) is 77.5 cm³/mol. The van der Waals surface area contributed by atoms with Crippen molar-refractivity contribution in [3.8, 4) is 5.75 Å². The van der Waals surface area contributed by atoms with E-state index in [1.165, 1.54) is 12.1 Å². The van der Waals surface area contributed by atoms with Gasteiger partial charge in [-0.15, -0.1) is 11.3 Å². The van der Waals surface area contributed by atoms with Crippen LogP contribution in [0.2, 0.25) is 0 Å². The summed E-state index contributed by atoms with van der Waals surface area (Å²) < 4.78 is 19.4. The molecule has 0 saturated heterocycles. The van der Waals surface area contributed by atoms with E-state index in [9.17, 15) is 4.39 Å². The minimum absolute atomic E-state index is 0.0985. The first-order valence-corrected chi connectivity index (χ1v) is 7.74. The Morgan fingerprint density at radius 2 is 2.40 bits per heavy atom. The van der Waals surface area contributed by atoms with Gasteiger partial charge >= 0.3 is 0 Å². The van der Waals surface area contributed by atoms with Crippen LogP contribution in [0.5, 0.6) is 5.75 Å². The van der Waals surface area contributed by atoms with Gasteiger partial charge in [-0.3, -0.25) is 0 Å². The highest BCUT2D eigenvalue weighted by molar-refractivity contribution is 7.09. The van der Waals surface area contributed by atoms with E-state index in [1.54, 1.807) is 17.5 Å². The fourth-order valence-corrected chi connectivity index (χ4v) is 3.18. The number of hydrogen-bond donors (Lipinski definition) is 1. The largest absolute Gasteiger partial charge is 0.483 e. The Bertz CT molecular complexity index is 573. The van der Waals surface area contributed by atoms with Crippen LogP contribution >= 0.6 is 11.3 Å². The van der Waals surface area contributed by atoms with Gasteiger partial charge in [-0.05, 0) is 19.0 Å². The van der Waals surface area contributed by atoms with Crippen LogP contribution in [-0.4, -0.2) is 11.5 Å². The second kappa shape index (κ2) is 5.89. The lowest BCUT2D eigenvalue weighted by Crippen LogP contribution is -2.29. The Hall–Kier alpha value is -1.46. The smallest absolute Gasteiger partial charge is 0.152 e. The molecule has 1 N–H and O–H groups in total. The predicted octanol–water partition coefficient (Wildman–Crippen LogP) is 3.85. The average Bonchev–Trinajstić information content (AvgIpc) is 2.98. The van der Waals surface area contributed by atoms with Crippen LogP contribution in [0.15, 0.2) is 29.8 Å². The van der Waals surface area contributed by atoms with Crippen molar-refractivity contribution in [1.82, 2.24) is 10.3 Å². The number of benzene rings is 1. The molecule has 1 aromatic carbocycles. The third-order valence-corrected chi connectivity index (χ3v) is 4.31. The van der Waals surface area contributed by atoms with Crippen LogP contribution in [-0.2, 0) is 0 Å². The van der Waals surface area contributed by atoms with E-state index in [2.05, 4.69) is 17.2 Å². The van der Waals surface area contributed by atoms with E-state index in [4.69, 9.17) is 4.74 Å². The van der Waals surface area contributed by atoms with Crippen molar-refractivity contribution in [2.24, 2.45) is 0 Å². The van der Waals surface area contributed by atoms with E-state index >= 15 is 0 Å². The lowest BCUT2D eigenvalue weighted by molar-refractivity contribution is 0.150. The fraction of sp³-hybridized carbons (Fsp3) is 0.400. The van der Waals surface area contributed by atoms with Crippen LogP contribution < -0.4 is 10.1 Å². The second-order valence-corrected chi connectivity index (χ2v) is 5.83. The zero-order valence-corrected chi connectivity index (χ0v) is 12.1. The number of halogens is 1. The third kappa shape index (κ3) is 2.69. The van der Waals surface area contributed by atoms with Crippen molar-refractivity contribution < 1.29 is 9.13 Å². The van der Waals surface area contributed by atoms with Crippen molar-refractivity contribution in [2.45, 2.75) is 31.9 Å². The molecule has 1 aliphatic heterocycles. The minimum atomic E-state index is -0.266. The zero-order valence-electron chi connectivity index (χ0n) is 11.3. The van der Waals surface area contributed by atoms with Crippen molar-refractivity contribution >= 4 is 11.3 Å². The van der Waals surface area contributed by atoms with Crippen LogP contribution in [0.25, 0.3) is 0 Å². The van der Waals surface area contributed by atoms with Gasteiger partial charge in [0.25, 0.3) is 0 Å². The van der Waals surface area contributed by atoms with Crippen molar-refractivity contribution in [2.75, 3.05) is 6.54 Å². The molecule has 0 saturated carbocycles. The molecule has 3 nitrogen and oxygen atoms in total. The SMILES string of the molecule is CCCNC1CC(c2nccs2)Oc2cc(F)ccc21. The number of fused-ring (bicyclic) bond motifs is 1. The number of rotatable bonds is 4. The molecular formula is C15H17FN2OS. The highest BCUT2D eigenvalue weighted by atomic mass is 32.1. The first-order chi connectivity index (χ1) is 9.78. The van der Waals surface area contributed by atoms with E-state index in [1.807, 2.05) is 11.4 Å². The first-order valence-electron chi connectivity index (χ1n) is 6.86. The first kappa shape index (κ1) is 13.5. The van der Waals surface area contributed by atoms with E-state index < -0.39 is 0 Å². The molecule has 0 amide bonds. The molecule has 0 spiro atoms. The minimum Gasteiger partial charge on any atom is -0.483 e. The van der Waals surface area contributed by atoms with Gasteiger partial charge in [-0.25, -0.2) is 9.37 Å². The van der Waals surface area contributed by atoms with E-state index in [-0.39, 0.29) is 18.0 Å². The van der Waals surface area contributed by atoms with Crippen LogP contribution in [0.3, 0.4) is 0 Å². The molecule has 2 heterocycles. The summed E-state index contributed by atoms with van der Waals surface area (Å²) in [7, 11) is 0. The van der Waals surface area contributed by atoms with Crippen molar-refractivity contribution in [1.29, 1.82) is 0 Å². The van der Waals surface area contributed by atoms with Gasteiger partial charge < -0.3 is 10.1 Å². The van der Waals surface area contributed by atoms with Crippen LogP contribution in [0.1, 0.15) is 42.5 Å². The molecule has 2 unspecified atom stereocenters. The number of thiazole rings is 1. The number of nitrogens with zero attached hydrogens (tertiary/aromatic N) is 1. The number of nitrogens with one attached hydrogen (secondary N) is 1. The maximum Gasteiger partial charge on any atom is 0.152 e. The van der Waals surface area contributed by atoms with Gasteiger partial charge in [0.15, 0.2) is 6.10 Å². The molecule has 3 rings (SSSR count). The lowest BCUT2D eigenvalue weighted by Gasteiger charge is -2.32. The Morgan fingerprint density at radius 1 is 1.50 bits per heavy atom. The molecule has 106 valence electrons. The summed E-state index contributed by atoms with van der Waals surface area (Å²) in [5.41, 5.74) is 1.03. The number of ether oxygens (including phenoxy) is 1. The van der Waals surface area contributed by atoms with Gasteiger partial charge in [0.1, 0.15) is 16.6 Å². The van der Waals surface area contributed by atoms with Crippen molar-refractivity contribution in [3.05, 3.63) is 46.2 Å². The van der Waals surface area contributed by atoms with Gasteiger partial charge in [-0.1, -0.05) is 13.0 Å². The molecule has 0 aliphatic carbocycles. The summed E-state index contributed by atoms with van der Waals surface area (Å²) in [5.74, 6) is 0.364. The highest BCUT2D eigenvalue weighted by Gasteiger charge is 2.30. The highest BCUT2D eigenvalue weighted by Crippen LogP contribution is 2.41. The molecule has 1 aromatic heterocycles. The Balaban J connectivity index is 1.90. The van der Waals surface area contributed by atoms with E-state index in [0.29, 0.717) is 5.75 Å². The summed E-state index contributed by atoms with van der Waals surface area (Å²) in [5, 5.41) is 6.40. The van der Waals surface area contributed by atoms with Gasteiger partial charge in [0, 0.05) is 35.7 Å². The van der Waals surface area contributed by atoms with Crippen LogP contribution in [0, 0.1) is 5.82 Å². The fourth-order valence-electron chi connectivity index (χ4n) is 2.50. The monoisotopic (exact) mass is 292 g/mol. The Labute approximate surface area is 121 Å². The molecule has 1 aliphatic rings. The standard InChI is InChI=1S/C15H17FN2OS/c1-2-5-17-12-9-14(15-18-6-7-20-15)19-13-8-10(16)3-4-11(12)13/h3-4,6-8,12,14,17H,2,5,9H2,1H3. The third-order valence-electron chi connectivity index (χ3n) is 3.44. The molecule has 20 heavy (non-hydrogen) atoms. The van der Waals surface area contributed by atoms with Gasteiger partial charge in [-0.2, -0.15) is 0 Å². The molecule has 0 fully saturated rings.